The van der Waals surface area contributed by atoms with Gasteiger partial charge in [-0.25, -0.2) is 0 Å². The van der Waals surface area contributed by atoms with E-state index in [1.54, 1.807) is 24.2 Å². The average Bonchev–Trinajstić information content (AvgIpc) is 2.95. The Kier molecular flexibility index (Phi) is 4.38. The van der Waals surface area contributed by atoms with Crippen LogP contribution in [0.2, 0.25) is 0 Å². The molecule has 0 aliphatic heterocycles. The van der Waals surface area contributed by atoms with Gasteiger partial charge in [-0.05, 0) is 25.3 Å². The molecule has 112 valence electrons. The van der Waals surface area contributed by atoms with Crippen LogP contribution < -0.4 is 5.73 Å². The number of nitrogen functional groups attached to an aromatic ring is 1. The molecule has 0 bridgehead atoms. The lowest BCUT2D eigenvalue weighted by atomic mass is 10.0. The van der Waals surface area contributed by atoms with Crippen LogP contribution in [0.25, 0.3) is 0 Å². The van der Waals surface area contributed by atoms with E-state index in [4.69, 9.17) is 5.73 Å². The summed E-state index contributed by atoms with van der Waals surface area (Å²) in [6.45, 7) is 3.23. The Morgan fingerprint density at radius 2 is 2.15 bits per heavy atom. The Labute approximate surface area is 120 Å². The predicted molar refractivity (Wildman–Crippen MR) is 79.5 cm³/mol. The van der Waals surface area contributed by atoms with Gasteiger partial charge in [0, 0.05) is 26.3 Å². The van der Waals surface area contributed by atoms with Crippen LogP contribution in [0.15, 0.2) is 12.3 Å². The smallest absolute Gasteiger partial charge is 0.270 e. The molecule has 1 amide bonds. The van der Waals surface area contributed by atoms with Crippen molar-refractivity contribution in [2.24, 2.45) is 0 Å². The largest absolute Gasteiger partial charge is 0.397 e. The molecule has 1 aliphatic rings. The Bertz CT molecular complexity index is 475. The van der Waals surface area contributed by atoms with Crippen LogP contribution >= 0.6 is 0 Å². The molecule has 1 heterocycles. The van der Waals surface area contributed by atoms with E-state index in [0.717, 1.165) is 38.6 Å². The SMILES string of the molecule is CCCn1cc(N)cc1C(=O)N(C)CC1(O)CCCC1. The highest BCUT2D eigenvalue weighted by molar-refractivity contribution is 5.93. The zero-order valence-electron chi connectivity index (χ0n) is 12.4. The standard InChI is InChI=1S/C15H25N3O2/c1-3-8-18-10-12(16)9-13(18)14(19)17(2)11-15(20)6-4-5-7-15/h9-10,20H,3-8,11,16H2,1-2H3. The maximum absolute atomic E-state index is 12.5. The minimum atomic E-state index is -0.710. The van der Waals surface area contributed by atoms with Crippen LogP contribution in [0.5, 0.6) is 0 Å². The molecule has 20 heavy (non-hydrogen) atoms. The number of likely N-dealkylation sites (N-methyl/N-ethyl adjacent to an activating group) is 1. The number of nitrogens with zero attached hydrogens (tertiary/aromatic N) is 2. The van der Waals surface area contributed by atoms with Crippen molar-refractivity contribution >= 4 is 11.6 Å². The third kappa shape index (κ3) is 3.15. The average molecular weight is 279 g/mol. The summed E-state index contributed by atoms with van der Waals surface area (Å²) in [5.41, 5.74) is 6.30. The van der Waals surface area contributed by atoms with Crippen molar-refractivity contribution < 1.29 is 9.90 Å². The second kappa shape index (κ2) is 5.87. The summed E-state index contributed by atoms with van der Waals surface area (Å²) in [6, 6.07) is 1.72. The summed E-state index contributed by atoms with van der Waals surface area (Å²) < 4.78 is 1.90. The van der Waals surface area contributed by atoms with E-state index in [1.807, 2.05) is 4.57 Å². The lowest BCUT2D eigenvalue weighted by Crippen LogP contribution is -2.42. The van der Waals surface area contributed by atoms with Crippen molar-refractivity contribution in [1.29, 1.82) is 0 Å². The molecule has 0 atom stereocenters. The number of amides is 1. The molecule has 5 nitrogen and oxygen atoms in total. The summed E-state index contributed by atoms with van der Waals surface area (Å²) in [5, 5.41) is 10.4. The summed E-state index contributed by atoms with van der Waals surface area (Å²) in [7, 11) is 1.75. The molecule has 1 aliphatic carbocycles. The summed E-state index contributed by atoms with van der Waals surface area (Å²) in [6.07, 6.45) is 6.39. The van der Waals surface area contributed by atoms with E-state index < -0.39 is 5.60 Å². The molecule has 5 heteroatoms. The number of hydrogen-bond donors (Lipinski definition) is 2. The zero-order chi connectivity index (χ0) is 14.8. The fourth-order valence-corrected chi connectivity index (χ4v) is 3.04. The number of aromatic nitrogens is 1. The summed E-state index contributed by atoms with van der Waals surface area (Å²) >= 11 is 0. The topological polar surface area (TPSA) is 71.5 Å². The zero-order valence-corrected chi connectivity index (χ0v) is 12.4. The molecule has 1 aromatic heterocycles. The highest BCUT2D eigenvalue weighted by atomic mass is 16.3. The fraction of sp³-hybridized carbons (Fsp3) is 0.667. The van der Waals surface area contributed by atoms with Crippen molar-refractivity contribution in [3.05, 3.63) is 18.0 Å². The molecule has 0 saturated heterocycles. The first-order valence-corrected chi connectivity index (χ1v) is 7.39. The van der Waals surface area contributed by atoms with Gasteiger partial charge in [-0.3, -0.25) is 4.79 Å². The van der Waals surface area contributed by atoms with E-state index >= 15 is 0 Å². The highest BCUT2D eigenvalue weighted by Crippen LogP contribution is 2.30. The first kappa shape index (κ1) is 14.9. The monoisotopic (exact) mass is 279 g/mol. The number of nitrogens with two attached hydrogens (primary N) is 1. The second-order valence-electron chi connectivity index (χ2n) is 5.94. The van der Waals surface area contributed by atoms with Crippen LogP contribution in [-0.2, 0) is 6.54 Å². The van der Waals surface area contributed by atoms with E-state index in [0.29, 0.717) is 17.9 Å². The molecule has 1 fully saturated rings. The first-order valence-electron chi connectivity index (χ1n) is 7.39. The Balaban J connectivity index is 2.10. The maximum atomic E-state index is 12.5. The van der Waals surface area contributed by atoms with Crippen LogP contribution in [0, 0.1) is 0 Å². The molecule has 3 N–H and O–H groups in total. The number of anilines is 1. The van der Waals surface area contributed by atoms with Gasteiger partial charge >= 0.3 is 0 Å². The third-order valence-electron chi connectivity index (χ3n) is 4.01. The predicted octanol–water partition coefficient (Wildman–Crippen LogP) is 1.86. The lowest BCUT2D eigenvalue weighted by Gasteiger charge is -2.28. The van der Waals surface area contributed by atoms with Crippen molar-refractivity contribution in [2.45, 2.75) is 51.2 Å². The molecular formula is C15H25N3O2. The Hall–Kier alpha value is -1.49. The molecule has 2 rings (SSSR count). The number of hydrogen-bond acceptors (Lipinski definition) is 3. The summed E-state index contributed by atoms with van der Waals surface area (Å²) in [4.78, 5) is 14.1. The van der Waals surface area contributed by atoms with Gasteiger partial charge in [-0.1, -0.05) is 19.8 Å². The molecule has 0 unspecified atom stereocenters. The van der Waals surface area contributed by atoms with Gasteiger partial charge < -0.3 is 20.3 Å². The van der Waals surface area contributed by atoms with Gasteiger partial charge in [0.25, 0.3) is 5.91 Å². The minimum absolute atomic E-state index is 0.0736. The Morgan fingerprint density at radius 1 is 1.50 bits per heavy atom. The number of carbonyl (C=O) groups is 1. The van der Waals surface area contributed by atoms with Gasteiger partial charge in [0.05, 0.1) is 11.3 Å². The molecule has 1 aromatic rings. The Morgan fingerprint density at radius 3 is 2.75 bits per heavy atom. The van der Waals surface area contributed by atoms with Gasteiger partial charge in [-0.2, -0.15) is 0 Å². The van der Waals surface area contributed by atoms with E-state index in [9.17, 15) is 9.90 Å². The second-order valence-corrected chi connectivity index (χ2v) is 5.94. The lowest BCUT2D eigenvalue weighted by molar-refractivity contribution is 0.0153. The summed E-state index contributed by atoms with van der Waals surface area (Å²) in [5.74, 6) is -0.0736. The van der Waals surface area contributed by atoms with Crippen molar-refractivity contribution in [3.63, 3.8) is 0 Å². The number of aryl methyl sites for hydroxylation is 1. The molecule has 0 spiro atoms. The first-order chi connectivity index (χ1) is 9.45. The van der Waals surface area contributed by atoms with E-state index in [2.05, 4.69) is 6.92 Å². The number of rotatable bonds is 5. The fourth-order valence-electron chi connectivity index (χ4n) is 3.04. The van der Waals surface area contributed by atoms with Crippen molar-refractivity contribution in [1.82, 2.24) is 9.47 Å². The highest BCUT2D eigenvalue weighted by Gasteiger charge is 2.34. The van der Waals surface area contributed by atoms with Crippen molar-refractivity contribution in [2.75, 3.05) is 19.3 Å². The minimum Gasteiger partial charge on any atom is -0.397 e. The normalized spacial score (nSPS) is 17.4. The van der Waals surface area contributed by atoms with Gasteiger partial charge in [0.1, 0.15) is 5.69 Å². The van der Waals surface area contributed by atoms with Crippen LogP contribution in [0.3, 0.4) is 0 Å². The quantitative estimate of drug-likeness (QED) is 0.864. The number of carbonyl (C=O) groups excluding carboxylic acids is 1. The molecular weight excluding hydrogens is 254 g/mol. The van der Waals surface area contributed by atoms with E-state index in [1.165, 1.54) is 0 Å². The molecule has 1 saturated carbocycles. The van der Waals surface area contributed by atoms with Crippen molar-refractivity contribution in [3.8, 4) is 0 Å². The van der Waals surface area contributed by atoms with E-state index in [-0.39, 0.29) is 5.91 Å². The van der Waals surface area contributed by atoms with Crippen LogP contribution in [-0.4, -0.2) is 39.7 Å². The van der Waals surface area contributed by atoms with Crippen LogP contribution in [0.1, 0.15) is 49.5 Å². The molecule has 0 radical (unpaired) electrons. The van der Waals surface area contributed by atoms with Gasteiger partial charge in [0.2, 0.25) is 0 Å². The number of aliphatic hydroxyl groups is 1. The third-order valence-corrected chi connectivity index (χ3v) is 4.01. The van der Waals surface area contributed by atoms with Crippen LogP contribution in [0.4, 0.5) is 5.69 Å². The van der Waals surface area contributed by atoms with Gasteiger partial charge in [0.15, 0.2) is 0 Å². The van der Waals surface area contributed by atoms with Gasteiger partial charge in [-0.15, -0.1) is 0 Å². The maximum Gasteiger partial charge on any atom is 0.270 e. The molecule has 0 aromatic carbocycles.